The molecule has 0 unspecified atom stereocenters. The number of sulfonamides is 1. The van der Waals surface area contributed by atoms with Gasteiger partial charge in [0.2, 0.25) is 5.91 Å². The summed E-state index contributed by atoms with van der Waals surface area (Å²) >= 11 is 6.19. The Morgan fingerprint density at radius 1 is 0.868 bits per heavy atom. The highest BCUT2D eigenvalue weighted by Gasteiger charge is 2.30. The Morgan fingerprint density at radius 2 is 1.53 bits per heavy atom. The van der Waals surface area contributed by atoms with Crippen molar-refractivity contribution >= 4 is 38.9 Å². The minimum absolute atomic E-state index is 0.0377. The number of aryl methyl sites for hydroxylation is 2. The van der Waals surface area contributed by atoms with E-state index in [0.717, 1.165) is 15.4 Å². The molecule has 0 aromatic heterocycles. The predicted octanol–water partition coefficient (Wildman–Crippen LogP) is 6.59. The largest absolute Gasteiger partial charge is 0.495 e. The van der Waals surface area contributed by atoms with Crippen LogP contribution in [-0.2, 0) is 14.8 Å². The molecule has 0 radical (unpaired) electrons. The van der Waals surface area contributed by atoms with E-state index in [0.29, 0.717) is 27.9 Å². The van der Waals surface area contributed by atoms with Crippen molar-refractivity contribution in [1.29, 1.82) is 0 Å². The molecule has 38 heavy (non-hydrogen) atoms. The van der Waals surface area contributed by atoms with Crippen LogP contribution in [0.5, 0.6) is 17.2 Å². The summed E-state index contributed by atoms with van der Waals surface area (Å²) in [5.74, 6) is 0.530. The number of para-hydroxylation sites is 1. The molecular formula is C29H27ClN2O5S. The molecule has 1 N–H and O–H groups in total. The summed E-state index contributed by atoms with van der Waals surface area (Å²) < 4.78 is 40.2. The Balaban J connectivity index is 1.68. The molecule has 0 saturated carbocycles. The lowest BCUT2D eigenvalue weighted by molar-refractivity contribution is -0.114. The first-order valence-corrected chi connectivity index (χ1v) is 13.6. The number of benzene rings is 4. The van der Waals surface area contributed by atoms with Gasteiger partial charge >= 0.3 is 0 Å². The minimum Gasteiger partial charge on any atom is -0.495 e. The molecule has 196 valence electrons. The van der Waals surface area contributed by atoms with Gasteiger partial charge in [-0.25, -0.2) is 8.42 Å². The monoisotopic (exact) mass is 550 g/mol. The molecule has 4 aromatic carbocycles. The van der Waals surface area contributed by atoms with Crippen molar-refractivity contribution in [3.63, 3.8) is 0 Å². The van der Waals surface area contributed by atoms with Crippen molar-refractivity contribution in [2.45, 2.75) is 18.7 Å². The van der Waals surface area contributed by atoms with E-state index in [1.165, 1.54) is 13.2 Å². The van der Waals surface area contributed by atoms with Crippen molar-refractivity contribution in [1.82, 2.24) is 0 Å². The van der Waals surface area contributed by atoms with Gasteiger partial charge in [0, 0.05) is 5.02 Å². The molecule has 1 amide bonds. The molecule has 0 atom stereocenters. The number of rotatable bonds is 9. The van der Waals surface area contributed by atoms with Crippen LogP contribution in [0.15, 0.2) is 95.9 Å². The number of ether oxygens (including phenoxy) is 2. The minimum atomic E-state index is -4.20. The zero-order chi connectivity index (χ0) is 27.3. The number of amides is 1. The number of nitrogens with one attached hydrogen (secondary N) is 1. The number of hydrogen-bond acceptors (Lipinski definition) is 5. The van der Waals surface area contributed by atoms with E-state index in [1.807, 2.05) is 25.1 Å². The third-order valence-corrected chi connectivity index (χ3v) is 7.71. The first kappa shape index (κ1) is 27.0. The fraction of sp³-hybridized carbons (Fsp3) is 0.138. The molecule has 4 rings (SSSR count). The predicted molar refractivity (Wildman–Crippen MR) is 150 cm³/mol. The van der Waals surface area contributed by atoms with Crippen LogP contribution in [0.3, 0.4) is 0 Å². The van der Waals surface area contributed by atoms with Crippen molar-refractivity contribution in [3.8, 4) is 17.2 Å². The van der Waals surface area contributed by atoms with Gasteiger partial charge in [-0.05, 0) is 74.0 Å². The van der Waals surface area contributed by atoms with Gasteiger partial charge in [0.15, 0.2) is 5.75 Å². The highest BCUT2D eigenvalue weighted by Crippen LogP contribution is 2.33. The van der Waals surface area contributed by atoms with Crippen molar-refractivity contribution in [2.24, 2.45) is 0 Å². The molecule has 0 aliphatic heterocycles. The van der Waals surface area contributed by atoms with Gasteiger partial charge in [0.1, 0.15) is 22.9 Å². The average Bonchev–Trinajstić information content (AvgIpc) is 2.90. The second-order valence-electron chi connectivity index (χ2n) is 8.61. The lowest BCUT2D eigenvalue weighted by Gasteiger charge is -2.25. The summed E-state index contributed by atoms with van der Waals surface area (Å²) in [6, 6.07) is 25.7. The van der Waals surface area contributed by atoms with Crippen LogP contribution in [0, 0.1) is 13.8 Å². The van der Waals surface area contributed by atoms with Crippen LogP contribution in [0.2, 0.25) is 5.02 Å². The maximum Gasteiger partial charge on any atom is 0.268 e. The molecule has 7 nitrogen and oxygen atoms in total. The summed E-state index contributed by atoms with van der Waals surface area (Å²) in [5.41, 5.74) is 2.33. The van der Waals surface area contributed by atoms with E-state index < -0.39 is 22.5 Å². The van der Waals surface area contributed by atoms with Crippen molar-refractivity contribution < 1.29 is 22.7 Å². The molecule has 0 aliphatic carbocycles. The van der Waals surface area contributed by atoms with Gasteiger partial charge in [-0.2, -0.15) is 0 Å². The number of hydrogen-bond donors (Lipinski definition) is 1. The molecule has 0 saturated heterocycles. The maximum absolute atomic E-state index is 13.9. The average molecular weight is 551 g/mol. The maximum atomic E-state index is 13.9. The number of methoxy groups -OCH3 is 1. The van der Waals surface area contributed by atoms with E-state index in [1.54, 1.807) is 73.7 Å². The Hall–Kier alpha value is -4.01. The van der Waals surface area contributed by atoms with Crippen LogP contribution in [0.4, 0.5) is 11.4 Å². The van der Waals surface area contributed by atoms with Crippen LogP contribution >= 0.6 is 11.6 Å². The Kier molecular flexibility index (Phi) is 8.24. The molecule has 9 heteroatoms. The van der Waals surface area contributed by atoms with Crippen LogP contribution in [0.25, 0.3) is 0 Å². The summed E-state index contributed by atoms with van der Waals surface area (Å²) in [4.78, 5) is 13.3. The van der Waals surface area contributed by atoms with E-state index >= 15 is 0 Å². The molecule has 0 bridgehead atoms. The number of carbonyl (C=O) groups is 1. The topological polar surface area (TPSA) is 84.9 Å². The fourth-order valence-electron chi connectivity index (χ4n) is 3.75. The third-order valence-electron chi connectivity index (χ3n) is 5.68. The second-order valence-corrected chi connectivity index (χ2v) is 10.9. The molecule has 0 spiro atoms. The number of anilines is 2. The van der Waals surface area contributed by atoms with Crippen LogP contribution < -0.4 is 19.1 Å². The van der Waals surface area contributed by atoms with E-state index in [4.69, 9.17) is 21.1 Å². The quantitative estimate of drug-likeness (QED) is 0.254. The lowest BCUT2D eigenvalue weighted by Crippen LogP contribution is -2.38. The van der Waals surface area contributed by atoms with Gasteiger partial charge < -0.3 is 14.8 Å². The molecule has 0 heterocycles. The van der Waals surface area contributed by atoms with Crippen LogP contribution in [-0.4, -0.2) is 28.0 Å². The molecule has 4 aromatic rings. The highest BCUT2D eigenvalue weighted by atomic mass is 35.5. The van der Waals surface area contributed by atoms with E-state index in [-0.39, 0.29) is 10.6 Å². The van der Waals surface area contributed by atoms with Gasteiger partial charge in [-0.15, -0.1) is 0 Å². The first-order valence-electron chi connectivity index (χ1n) is 11.7. The van der Waals surface area contributed by atoms with Gasteiger partial charge in [-0.1, -0.05) is 53.6 Å². The highest BCUT2D eigenvalue weighted by molar-refractivity contribution is 7.93. The summed E-state index contributed by atoms with van der Waals surface area (Å²) in [6.45, 7) is 3.18. The fourth-order valence-corrected chi connectivity index (χ4v) is 5.59. The molecule has 0 aliphatic rings. The summed E-state index contributed by atoms with van der Waals surface area (Å²) in [7, 11) is -2.79. The van der Waals surface area contributed by atoms with Crippen LogP contribution in [0.1, 0.15) is 11.1 Å². The Bertz CT molecular complexity index is 1540. The van der Waals surface area contributed by atoms with E-state index in [2.05, 4.69) is 5.32 Å². The van der Waals surface area contributed by atoms with Crippen molar-refractivity contribution in [3.05, 3.63) is 107 Å². The van der Waals surface area contributed by atoms with Gasteiger partial charge in [0.05, 0.1) is 18.5 Å². The lowest BCUT2D eigenvalue weighted by atomic mass is 10.2. The summed E-state index contributed by atoms with van der Waals surface area (Å²) in [6.07, 6.45) is 0. The van der Waals surface area contributed by atoms with Gasteiger partial charge in [-0.3, -0.25) is 9.10 Å². The zero-order valence-electron chi connectivity index (χ0n) is 21.1. The molecule has 0 fully saturated rings. The second kappa shape index (κ2) is 11.6. The summed E-state index contributed by atoms with van der Waals surface area (Å²) in [5, 5.41) is 3.14. The Morgan fingerprint density at radius 3 is 2.21 bits per heavy atom. The normalized spacial score (nSPS) is 11.1. The number of halogens is 1. The third kappa shape index (κ3) is 6.27. The Labute approximate surface area is 227 Å². The zero-order valence-corrected chi connectivity index (χ0v) is 22.7. The molecular weight excluding hydrogens is 524 g/mol. The first-order chi connectivity index (χ1) is 18.2. The van der Waals surface area contributed by atoms with Crippen molar-refractivity contribution in [2.75, 3.05) is 23.3 Å². The van der Waals surface area contributed by atoms with E-state index in [9.17, 15) is 13.2 Å². The SMILES string of the molecule is COc1ccc(C)cc1S(=O)(=O)N(CC(=O)Nc1cc(Cl)ccc1Oc1ccccc1)c1ccc(C)cc1. The smallest absolute Gasteiger partial charge is 0.268 e. The van der Waals surface area contributed by atoms with Gasteiger partial charge in [0.25, 0.3) is 10.0 Å². The standard InChI is InChI=1S/C29H27ClN2O5S/c1-20-9-13-23(14-10-20)32(38(34,35)28-17-21(2)11-15-27(28)36-3)19-29(33)31-25-18-22(30)12-16-26(25)37-24-7-5-4-6-8-24/h4-18H,19H2,1-3H3,(H,31,33). The number of nitrogens with zero attached hydrogens (tertiary/aromatic N) is 1. The number of carbonyl (C=O) groups excluding carboxylic acids is 1.